The van der Waals surface area contributed by atoms with Gasteiger partial charge in [0.2, 0.25) is 0 Å². The molecule has 0 saturated carbocycles. The smallest absolute Gasteiger partial charge is 0.332 e. The van der Waals surface area contributed by atoms with Crippen molar-refractivity contribution in [2.24, 2.45) is 0 Å². The molecule has 1 N–H and O–H groups in total. The van der Waals surface area contributed by atoms with E-state index in [1.807, 2.05) is 38.1 Å². The lowest BCUT2D eigenvalue weighted by Crippen LogP contribution is -2.49. The molecule has 1 heterocycles. The Morgan fingerprint density at radius 2 is 1.50 bits per heavy atom. The van der Waals surface area contributed by atoms with Crippen LogP contribution in [0.15, 0.2) is 72.8 Å². The van der Waals surface area contributed by atoms with Crippen molar-refractivity contribution >= 4 is 40.6 Å². The van der Waals surface area contributed by atoms with Gasteiger partial charge in [0, 0.05) is 27.0 Å². The summed E-state index contributed by atoms with van der Waals surface area (Å²) in [5.74, 6) is 0. The van der Waals surface area contributed by atoms with Crippen molar-refractivity contribution in [2.75, 3.05) is 9.80 Å². The van der Waals surface area contributed by atoms with Gasteiger partial charge in [0.1, 0.15) is 0 Å². The zero-order valence-corrected chi connectivity index (χ0v) is 18.2. The Morgan fingerprint density at radius 3 is 2.03 bits per heavy atom. The van der Waals surface area contributed by atoms with Gasteiger partial charge in [-0.15, -0.1) is 0 Å². The second kappa shape index (κ2) is 7.95. The summed E-state index contributed by atoms with van der Waals surface area (Å²) >= 11 is 12.1. The van der Waals surface area contributed by atoms with Crippen molar-refractivity contribution in [3.63, 3.8) is 0 Å². The van der Waals surface area contributed by atoms with Gasteiger partial charge in [-0.2, -0.15) is 0 Å². The van der Waals surface area contributed by atoms with Crippen molar-refractivity contribution in [2.45, 2.75) is 32.0 Å². The van der Waals surface area contributed by atoms with Crippen LogP contribution in [0, 0.1) is 6.92 Å². The molecule has 0 aliphatic carbocycles. The molecular weight excluding hydrogens is 419 g/mol. The van der Waals surface area contributed by atoms with Crippen molar-refractivity contribution in [3.8, 4) is 0 Å². The molecule has 3 aromatic carbocycles. The monoisotopic (exact) mass is 440 g/mol. The summed E-state index contributed by atoms with van der Waals surface area (Å²) in [6, 6.07) is 20.8. The first-order valence-corrected chi connectivity index (χ1v) is 10.6. The fourth-order valence-corrected chi connectivity index (χ4v) is 4.42. The molecule has 4 nitrogen and oxygen atoms in total. The van der Waals surface area contributed by atoms with Crippen LogP contribution in [0.4, 0.5) is 16.2 Å². The van der Waals surface area contributed by atoms with E-state index in [0.29, 0.717) is 33.4 Å². The molecule has 3 aromatic rings. The van der Waals surface area contributed by atoms with Gasteiger partial charge in [0.15, 0.2) is 5.72 Å². The number of rotatable bonds is 4. The van der Waals surface area contributed by atoms with E-state index in [-0.39, 0.29) is 6.03 Å². The first-order chi connectivity index (χ1) is 14.4. The number of benzene rings is 3. The molecule has 0 spiro atoms. The van der Waals surface area contributed by atoms with E-state index in [2.05, 4.69) is 0 Å². The maximum absolute atomic E-state index is 13.7. The number of nitrogens with zero attached hydrogens (tertiary/aromatic N) is 2. The summed E-state index contributed by atoms with van der Waals surface area (Å²) in [5, 5.41) is 13.3. The van der Waals surface area contributed by atoms with E-state index >= 15 is 0 Å². The van der Waals surface area contributed by atoms with Gasteiger partial charge in [-0.3, -0.25) is 9.80 Å². The Balaban J connectivity index is 1.94. The Hall–Kier alpha value is -2.53. The molecule has 0 bridgehead atoms. The minimum Gasteiger partial charge on any atom is -0.365 e. The Bertz CT molecular complexity index is 1070. The standard InChI is InChI=1S/C24H22Cl2N2O2/c1-3-22-24(30,17-6-4-5-16(2)15-17)28(21-13-9-19(26)10-14-21)23(29)27(22)20-11-7-18(25)8-12-20/h4-15,22,30H,3H2,1-2H3/t22-,24?/m1/s1. The lowest BCUT2D eigenvalue weighted by molar-refractivity contribution is 0.0306. The third-order valence-electron chi connectivity index (χ3n) is 5.53. The number of halogens is 2. The molecular formula is C24H22Cl2N2O2. The number of hydrogen-bond donors (Lipinski definition) is 1. The SMILES string of the molecule is CC[C@H]1N(c2ccc(Cl)cc2)C(=O)N(c2ccc(Cl)cc2)C1(O)c1cccc(C)c1. The molecule has 1 aliphatic heterocycles. The van der Waals surface area contributed by atoms with Crippen LogP contribution in [0.5, 0.6) is 0 Å². The van der Waals surface area contributed by atoms with Crippen LogP contribution in [-0.4, -0.2) is 17.2 Å². The van der Waals surface area contributed by atoms with Crippen molar-refractivity contribution in [1.82, 2.24) is 0 Å². The minimum atomic E-state index is -1.56. The van der Waals surface area contributed by atoms with Crippen LogP contribution in [0.3, 0.4) is 0 Å². The molecule has 2 atom stereocenters. The topological polar surface area (TPSA) is 43.8 Å². The van der Waals surface area contributed by atoms with E-state index in [9.17, 15) is 9.90 Å². The van der Waals surface area contributed by atoms with Gasteiger partial charge in [-0.1, -0.05) is 60.0 Å². The van der Waals surface area contributed by atoms with Gasteiger partial charge in [0.25, 0.3) is 0 Å². The normalized spacial score (nSPS) is 21.4. The highest BCUT2D eigenvalue weighted by molar-refractivity contribution is 6.31. The van der Waals surface area contributed by atoms with E-state index in [0.717, 1.165) is 5.56 Å². The van der Waals surface area contributed by atoms with Crippen molar-refractivity contribution in [1.29, 1.82) is 0 Å². The molecule has 2 amide bonds. The third kappa shape index (κ3) is 3.35. The number of carbonyl (C=O) groups excluding carboxylic acids is 1. The molecule has 30 heavy (non-hydrogen) atoms. The largest absolute Gasteiger partial charge is 0.365 e. The maximum atomic E-state index is 13.7. The minimum absolute atomic E-state index is 0.310. The van der Waals surface area contributed by atoms with Crippen LogP contribution < -0.4 is 9.80 Å². The number of aryl methyl sites for hydroxylation is 1. The van der Waals surface area contributed by atoms with Crippen LogP contribution >= 0.6 is 23.2 Å². The number of anilines is 2. The highest BCUT2D eigenvalue weighted by Gasteiger charge is 2.57. The van der Waals surface area contributed by atoms with Crippen LogP contribution in [0.2, 0.25) is 10.0 Å². The highest BCUT2D eigenvalue weighted by atomic mass is 35.5. The fourth-order valence-electron chi connectivity index (χ4n) is 4.17. The molecule has 1 fully saturated rings. The van der Waals surface area contributed by atoms with E-state index < -0.39 is 11.8 Å². The molecule has 1 saturated heterocycles. The zero-order valence-electron chi connectivity index (χ0n) is 16.7. The summed E-state index contributed by atoms with van der Waals surface area (Å²) in [5.41, 5.74) is 1.35. The summed E-state index contributed by atoms with van der Waals surface area (Å²) in [6.07, 6.45) is 0.545. The van der Waals surface area contributed by atoms with E-state index in [1.165, 1.54) is 4.90 Å². The number of hydrogen-bond acceptors (Lipinski definition) is 2. The van der Waals surface area contributed by atoms with Crippen molar-refractivity contribution in [3.05, 3.63) is 94.0 Å². The van der Waals surface area contributed by atoms with Crippen molar-refractivity contribution < 1.29 is 9.90 Å². The Labute approximate surface area is 186 Å². The number of amides is 2. The zero-order chi connectivity index (χ0) is 21.5. The molecule has 6 heteroatoms. The predicted molar refractivity (Wildman–Crippen MR) is 122 cm³/mol. The molecule has 0 aromatic heterocycles. The first-order valence-electron chi connectivity index (χ1n) is 9.80. The molecule has 0 radical (unpaired) electrons. The average molecular weight is 441 g/mol. The summed E-state index contributed by atoms with van der Waals surface area (Å²) < 4.78 is 0. The van der Waals surface area contributed by atoms with E-state index in [1.54, 1.807) is 53.4 Å². The summed E-state index contributed by atoms with van der Waals surface area (Å²) in [4.78, 5) is 16.9. The van der Waals surface area contributed by atoms with E-state index in [4.69, 9.17) is 23.2 Å². The second-order valence-corrected chi connectivity index (χ2v) is 8.33. The fraction of sp³-hybridized carbons (Fsp3) is 0.208. The number of urea groups is 1. The molecule has 154 valence electrons. The quantitative estimate of drug-likeness (QED) is 0.511. The Morgan fingerprint density at radius 1 is 0.933 bits per heavy atom. The number of carbonyl (C=O) groups is 1. The van der Waals surface area contributed by atoms with Crippen LogP contribution in [-0.2, 0) is 5.72 Å². The third-order valence-corrected chi connectivity index (χ3v) is 6.04. The van der Waals surface area contributed by atoms with Gasteiger partial charge in [-0.05, 0) is 61.9 Å². The first kappa shape index (κ1) is 20.7. The average Bonchev–Trinajstić information content (AvgIpc) is 2.97. The maximum Gasteiger partial charge on any atom is 0.332 e. The molecule has 1 aliphatic rings. The summed E-state index contributed by atoms with van der Waals surface area (Å²) in [6.45, 7) is 3.93. The van der Waals surface area contributed by atoms with Gasteiger partial charge in [-0.25, -0.2) is 4.79 Å². The Kier molecular flexibility index (Phi) is 5.49. The van der Waals surface area contributed by atoms with Gasteiger partial charge in [0.05, 0.1) is 6.04 Å². The highest BCUT2D eigenvalue weighted by Crippen LogP contribution is 2.46. The lowest BCUT2D eigenvalue weighted by atomic mass is 9.91. The van der Waals surface area contributed by atoms with Crippen LogP contribution in [0.25, 0.3) is 0 Å². The van der Waals surface area contributed by atoms with Gasteiger partial charge >= 0.3 is 6.03 Å². The van der Waals surface area contributed by atoms with Crippen LogP contribution in [0.1, 0.15) is 24.5 Å². The molecule has 1 unspecified atom stereocenters. The number of aliphatic hydroxyl groups is 1. The summed E-state index contributed by atoms with van der Waals surface area (Å²) in [7, 11) is 0. The van der Waals surface area contributed by atoms with Gasteiger partial charge < -0.3 is 5.11 Å². The predicted octanol–water partition coefficient (Wildman–Crippen LogP) is 6.37. The lowest BCUT2D eigenvalue weighted by Gasteiger charge is -2.37. The second-order valence-electron chi connectivity index (χ2n) is 7.46. The molecule has 4 rings (SSSR count).